The summed E-state index contributed by atoms with van der Waals surface area (Å²) >= 11 is 0. The molecule has 2 heterocycles. The summed E-state index contributed by atoms with van der Waals surface area (Å²) in [6, 6.07) is 3.63. The van der Waals surface area contributed by atoms with E-state index >= 15 is 0 Å². The van der Waals surface area contributed by atoms with Crippen LogP contribution >= 0.6 is 0 Å². The van der Waals surface area contributed by atoms with E-state index in [-0.39, 0.29) is 35.2 Å². The van der Waals surface area contributed by atoms with Gasteiger partial charge >= 0.3 is 17.1 Å². The molecule has 1 aliphatic rings. The van der Waals surface area contributed by atoms with Gasteiger partial charge in [-0.2, -0.15) is 0 Å². The number of pyridine rings is 1. The molecule has 1 aliphatic heterocycles. The summed E-state index contributed by atoms with van der Waals surface area (Å²) in [6.07, 6.45) is 0.788. The van der Waals surface area contributed by atoms with Crippen LogP contribution in [0, 0.1) is 0 Å². The molecule has 0 bridgehead atoms. The van der Waals surface area contributed by atoms with Gasteiger partial charge in [0, 0.05) is 65.1 Å². The van der Waals surface area contributed by atoms with Gasteiger partial charge in [0.1, 0.15) is 0 Å². The van der Waals surface area contributed by atoms with Gasteiger partial charge in [-0.25, -0.2) is 0 Å². The first-order chi connectivity index (χ1) is 11.9. The van der Waals surface area contributed by atoms with Crippen LogP contribution in [-0.4, -0.2) is 94.5 Å². The van der Waals surface area contributed by atoms with Gasteiger partial charge in [0.05, 0.1) is 12.2 Å². The molecule has 1 fully saturated rings. The molecule has 8 heteroatoms. The smallest absolute Gasteiger partial charge is 0.858 e. The largest absolute Gasteiger partial charge is 6.00 e. The van der Waals surface area contributed by atoms with Crippen LogP contribution in [-0.2, 0) is 23.6 Å². The summed E-state index contributed by atoms with van der Waals surface area (Å²) in [5.41, 5.74) is 0.714. The predicted octanol–water partition coefficient (Wildman–Crippen LogP) is -0.666. The van der Waals surface area contributed by atoms with E-state index in [9.17, 15) is 15.3 Å². The van der Waals surface area contributed by atoms with E-state index in [1.54, 1.807) is 19.9 Å². The van der Waals surface area contributed by atoms with Crippen LogP contribution in [0.3, 0.4) is 0 Å². The predicted molar refractivity (Wildman–Crippen MR) is 95.2 cm³/mol. The third-order valence-corrected chi connectivity index (χ3v) is 4.49. The molecular weight excluding hydrogens is 376 g/mol. The summed E-state index contributed by atoms with van der Waals surface area (Å²) in [5.74, 6) is -0.163. The number of hydrogen-bond acceptors (Lipinski definition) is 7. The van der Waals surface area contributed by atoms with Crippen molar-refractivity contribution in [2.24, 2.45) is 0 Å². The average Bonchev–Trinajstić information content (AvgIpc) is 2.62. The first-order valence-electron chi connectivity index (χ1n) is 9.08. The van der Waals surface area contributed by atoms with Crippen LogP contribution < -0.4 is 5.11 Å². The van der Waals surface area contributed by atoms with Gasteiger partial charge in [0.2, 0.25) is 0 Å². The molecule has 0 amide bonds. The van der Waals surface area contributed by atoms with Gasteiger partial charge < -0.3 is 15.3 Å². The first kappa shape index (κ1) is 23.3. The Labute approximate surface area is 167 Å². The Morgan fingerprint density at radius 1 is 0.962 bits per heavy atom. The normalized spacial score (nSPS) is 20.5. The summed E-state index contributed by atoms with van der Waals surface area (Å²) in [4.78, 5) is 10.6. The van der Waals surface area contributed by atoms with Crippen LogP contribution in [0.4, 0.5) is 0 Å². The zero-order chi connectivity index (χ0) is 18.2. The van der Waals surface area contributed by atoms with Crippen molar-refractivity contribution in [1.29, 1.82) is 0 Å². The zero-order valence-electron chi connectivity index (χ0n) is 15.7. The molecular formula is C18H31FeN4O3+5. The Hall–Kier alpha value is -0.731. The van der Waals surface area contributed by atoms with Crippen LogP contribution in [0.1, 0.15) is 19.4 Å². The summed E-state index contributed by atoms with van der Waals surface area (Å²) < 4.78 is 0. The number of hydrogen-bond donors (Lipinski definition) is 2. The van der Waals surface area contributed by atoms with E-state index in [2.05, 4.69) is 19.7 Å². The van der Waals surface area contributed by atoms with E-state index in [1.807, 2.05) is 6.07 Å². The fourth-order valence-corrected chi connectivity index (χ4v) is 3.24. The van der Waals surface area contributed by atoms with Crippen molar-refractivity contribution in [2.75, 3.05) is 52.4 Å². The molecule has 7 nitrogen and oxygen atoms in total. The second-order valence-electron chi connectivity index (χ2n) is 7.04. The second kappa shape index (κ2) is 11.9. The van der Waals surface area contributed by atoms with Gasteiger partial charge in [-0.1, -0.05) is 6.07 Å². The molecule has 26 heavy (non-hydrogen) atoms. The quantitative estimate of drug-likeness (QED) is 0.606. The van der Waals surface area contributed by atoms with Crippen LogP contribution in [0.5, 0.6) is 5.88 Å². The Bertz CT molecular complexity index is 497. The fourth-order valence-electron chi connectivity index (χ4n) is 3.24. The maximum atomic E-state index is 11.9. The zero-order valence-corrected chi connectivity index (χ0v) is 16.8. The van der Waals surface area contributed by atoms with Gasteiger partial charge in [0.15, 0.2) is 0 Å². The van der Waals surface area contributed by atoms with Crippen molar-refractivity contribution in [2.45, 2.75) is 32.6 Å². The Morgan fingerprint density at radius 2 is 1.42 bits per heavy atom. The van der Waals surface area contributed by atoms with E-state index in [1.165, 1.54) is 6.20 Å². The third-order valence-electron chi connectivity index (χ3n) is 4.49. The first-order valence-corrected chi connectivity index (χ1v) is 9.08. The molecule has 1 saturated heterocycles. The molecule has 2 rings (SSSR count). The van der Waals surface area contributed by atoms with E-state index in [0.29, 0.717) is 25.2 Å². The fraction of sp³-hybridized carbons (Fsp3) is 0.722. The van der Waals surface area contributed by atoms with Gasteiger partial charge in [-0.15, -0.1) is 0 Å². The number of nitrogens with zero attached hydrogens (tertiary/aromatic N) is 4. The maximum Gasteiger partial charge on any atom is 6.00 e. The topological polar surface area (TPSA) is 86.1 Å². The minimum absolute atomic E-state index is 0. The minimum Gasteiger partial charge on any atom is -0.858 e. The summed E-state index contributed by atoms with van der Waals surface area (Å²) in [5, 5.41) is 31.4. The summed E-state index contributed by atoms with van der Waals surface area (Å²) in [7, 11) is 0. The van der Waals surface area contributed by atoms with Crippen molar-refractivity contribution in [3.63, 3.8) is 0 Å². The molecule has 0 unspecified atom stereocenters. The standard InChI is InChI=1S/C18H32N4O3.Fe/c1-15(23)12-20-6-7-21(13-16(2)24)9-11-22(10-8-20)14-17-4-3-5-19-18(17)25;/h3-5,15-16,23-24H,6-14H2,1-2H3,(H,19,25);/q;+6/p-1/t15-,16-;/m0./s1. The van der Waals surface area contributed by atoms with Gasteiger partial charge in [-0.3, -0.25) is 19.7 Å². The Morgan fingerprint density at radius 3 is 1.85 bits per heavy atom. The number of aromatic nitrogens is 1. The minimum atomic E-state index is -0.369. The Kier molecular flexibility index (Phi) is 10.6. The van der Waals surface area contributed by atoms with Crippen molar-refractivity contribution in [3.8, 4) is 5.88 Å². The number of rotatable bonds is 6. The number of β-amino-alcohol motifs (C(OH)–C–C–N with tert-alkyl or cyclic N) is 2. The molecule has 0 aliphatic carbocycles. The molecule has 0 aromatic carbocycles. The average molecular weight is 407 g/mol. The van der Waals surface area contributed by atoms with Crippen molar-refractivity contribution >= 4 is 0 Å². The number of aliphatic hydroxyl groups is 2. The van der Waals surface area contributed by atoms with Crippen molar-refractivity contribution in [3.05, 3.63) is 23.9 Å². The second-order valence-corrected chi connectivity index (χ2v) is 7.04. The van der Waals surface area contributed by atoms with Crippen molar-refractivity contribution in [1.82, 2.24) is 19.7 Å². The van der Waals surface area contributed by atoms with E-state index in [4.69, 9.17) is 0 Å². The van der Waals surface area contributed by atoms with Gasteiger partial charge in [0.25, 0.3) is 0 Å². The molecule has 2 atom stereocenters. The maximum absolute atomic E-state index is 11.9. The Balaban J connectivity index is 0.00000338. The van der Waals surface area contributed by atoms with E-state index < -0.39 is 0 Å². The monoisotopic (exact) mass is 407 g/mol. The van der Waals surface area contributed by atoms with Crippen LogP contribution in [0.2, 0.25) is 0 Å². The van der Waals surface area contributed by atoms with Crippen molar-refractivity contribution < 1.29 is 32.4 Å². The molecule has 0 radical (unpaired) electrons. The number of aliphatic hydroxyl groups excluding tert-OH is 2. The van der Waals surface area contributed by atoms with Crippen LogP contribution in [0.15, 0.2) is 18.3 Å². The van der Waals surface area contributed by atoms with Gasteiger partial charge in [-0.05, 0) is 31.4 Å². The molecule has 1 aromatic rings. The molecule has 0 spiro atoms. The third kappa shape index (κ3) is 8.31. The molecule has 0 saturated carbocycles. The van der Waals surface area contributed by atoms with Crippen LogP contribution in [0.25, 0.3) is 0 Å². The molecule has 2 N–H and O–H groups in total. The molecule has 144 valence electrons. The summed E-state index contributed by atoms with van der Waals surface area (Å²) in [6.45, 7) is 10.6. The molecule has 1 aromatic heterocycles. The SMILES string of the molecule is C[C@H](O)CN1CCN(Cc2cccnc2[O-])CCN(C[C@H](C)O)CC1.[Fe+6]. The van der Waals surface area contributed by atoms with E-state index in [0.717, 1.165) is 39.3 Å².